The van der Waals surface area contributed by atoms with E-state index < -0.39 is 173 Å². The van der Waals surface area contributed by atoms with E-state index in [1.165, 1.54) is 68.1 Å². The van der Waals surface area contributed by atoms with Gasteiger partial charge in [0.15, 0.2) is 24.7 Å². The third kappa shape index (κ3) is 7.88. The van der Waals surface area contributed by atoms with Gasteiger partial charge in [-0.3, -0.25) is 9.59 Å². The van der Waals surface area contributed by atoms with E-state index in [0.717, 1.165) is 0 Å². The molecule has 19 atom stereocenters. The first-order valence-electron chi connectivity index (χ1n) is 22.1. The van der Waals surface area contributed by atoms with Gasteiger partial charge in [0.1, 0.15) is 88.5 Å². The molecule has 3 heterocycles. The summed E-state index contributed by atoms with van der Waals surface area (Å²) in [7, 11) is 3.92. The topological polar surface area (TPSA) is 320 Å². The number of benzene rings is 2. The van der Waals surface area contributed by atoms with Gasteiger partial charge in [0.25, 0.3) is 0 Å². The maximum atomic E-state index is 14.6. The number of ketones is 2. The van der Waals surface area contributed by atoms with Crippen molar-refractivity contribution in [3.05, 3.63) is 51.1 Å². The molecule has 2 aromatic carbocycles. The number of fused-ring (bicyclic) bond motifs is 3. The average Bonchev–Trinajstić information content (AvgIpc) is 3.27. The first-order valence-corrected chi connectivity index (χ1v) is 22.1. The average molecular weight is 953 g/mol. The molecule has 1 unspecified atom stereocenters. The number of aromatic hydroxyl groups is 3. The van der Waals surface area contributed by atoms with Gasteiger partial charge in [0, 0.05) is 57.0 Å². The van der Waals surface area contributed by atoms with Crippen molar-refractivity contribution in [2.24, 2.45) is 0 Å². The van der Waals surface area contributed by atoms with E-state index >= 15 is 0 Å². The summed E-state index contributed by atoms with van der Waals surface area (Å²) in [5.41, 5.74) is -9.93. The number of rotatable bonds is 11. The summed E-state index contributed by atoms with van der Waals surface area (Å²) >= 11 is 0. The van der Waals surface area contributed by atoms with Crippen molar-refractivity contribution in [3.63, 3.8) is 0 Å². The van der Waals surface area contributed by atoms with Crippen molar-refractivity contribution < 1.29 is 103 Å². The molecular weight excluding hydrogens is 888 g/mol. The predicted octanol–water partition coefficient (Wildman–Crippen LogP) is 0.0640. The monoisotopic (exact) mass is 952 g/mol. The molecule has 3 fully saturated rings. The number of hydrogen-bond acceptors (Lipinski definition) is 21. The van der Waals surface area contributed by atoms with Crippen LogP contribution in [0.3, 0.4) is 0 Å². The molecule has 0 amide bonds. The number of carbonyl (C=O) groups is 2. The number of hydrogen-bond donors (Lipinski definition) is 10. The van der Waals surface area contributed by atoms with Crippen LogP contribution in [-0.2, 0) is 49.1 Å². The first kappa shape index (κ1) is 51.4. The van der Waals surface area contributed by atoms with Crippen LogP contribution in [0.1, 0.15) is 116 Å². The Morgan fingerprint density at radius 3 is 1.76 bits per heavy atom. The molecule has 21 nitrogen and oxygen atoms in total. The Labute approximate surface area is 386 Å². The van der Waals surface area contributed by atoms with E-state index in [2.05, 4.69) is 0 Å². The lowest BCUT2D eigenvalue weighted by Crippen LogP contribution is -2.70. The summed E-state index contributed by atoms with van der Waals surface area (Å²) in [5.74, 6) is -4.84. The lowest BCUT2D eigenvalue weighted by Gasteiger charge is -2.55. The van der Waals surface area contributed by atoms with E-state index in [1.807, 2.05) is 0 Å². The van der Waals surface area contributed by atoms with Crippen LogP contribution in [-0.4, -0.2) is 193 Å². The number of aliphatic hydroxyl groups is 7. The highest BCUT2D eigenvalue weighted by Crippen LogP contribution is 2.55. The molecule has 10 N–H and O–H groups in total. The third-order valence-electron chi connectivity index (χ3n) is 14.8. The van der Waals surface area contributed by atoms with Gasteiger partial charge in [0.05, 0.1) is 35.0 Å². The second-order valence-electron chi connectivity index (χ2n) is 19.3. The fourth-order valence-corrected chi connectivity index (χ4v) is 10.6. The van der Waals surface area contributed by atoms with Crippen LogP contribution >= 0.6 is 0 Å². The van der Waals surface area contributed by atoms with Gasteiger partial charge in [-0.15, -0.1) is 0 Å². The lowest BCUT2D eigenvalue weighted by atomic mass is 9.71. The Hall–Kier alpha value is -3.46. The lowest BCUT2D eigenvalue weighted by molar-refractivity contribution is -0.393. The molecule has 0 spiro atoms. The fraction of sp³-hybridized carbons (Fsp3) is 0.696. The Bertz CT molecular complexity index is 2230. The van der Waals surface area contributed by atoms with Crippen molar-refractivity contribution >= 4 is 11.6 Å². The number of phenols is 3. The van der Waals surface area contributed by atoms with Crippen LogP contribution in [0, 0.1) is 0 Å². The minimum absolute atomic E-state index is 0.147. The molecule has 0 bridgehead atoms. The zero-order chi connectivity index (χ0) is 49.8. The van der Waals surface area contributed by atoms with Gasteiger partial charge in [-0.2, -0.15) is 0 Å². The van der Waals surface area contributed by atoms with E-state index in [1.54, 1.807) is 20.8 Å². The minimum Gasteiger partial charge on any atom is -0.507 e. The largest absolute Gasteiger partial charge is 0.507 e. The molecule has 67 heavy (non-hydrogen) atoms. The summed E-state index contributed by atoms with van der Waals surface area (Å²) < 4.78 is 56.0. The molecule has 3 aliphatic heterocycles. The standard InChI is InChI=1S/C46H64O21/c1-16(15-47)20-12-13-21-23(27(20)48)30(51)26-25(28(21)49)29(50)22-14-43(5,67-41-36(56)45(7,58)34(54)18(3)63-41)38(59-9)32(24(22)31(26)52)65-42-39(60-10)46(8,61-11)37(19(4)64-42)66-40-35(55)44(6,57)33(53)17(2)62-40/h12-13,16-19,32-42,47-48,50,52-58H,14-15H2,1-11H3/t16?,17-,18-,19-,32+,33-,34-,35-,36+,37-,38+,39-,40-,41+,42-,43+,44+,45-,46+/m0/s1. The Morgan fingerprint density at radius 1 is 0.672 bits per heavy atom. The molecule has 2 aromatic rings. The van der Waals surface area contributed by atoms with Crippen LogP contribution in [0.15, 0.2) is 12.1 Å². The quantitative estimate of drug-likeness (QED) is 0.114. The molecule has 374 valence electrons. The van der Waals surface area contributed by atoms with Gasteiger partial charge in [-0.05, 0) is 60.1 Å². The highest BCUT2D eigenvalue weighted by Gasteiger charge is 2.62. The summed E-state index contributed by atoms with van der Waals surface area (Å²) in [6.07, 6.45) is -20.5. The smallest absolute Gasteiger partial charge is 0.202 e. The SMILES string of the molecule is CO[C@@H]1[C@H](O[C@@H]2O[C@@H](C)[C@H](O[C@@H]3O[C@@H](C)[C@H](O)[C@@](C)(O)[C@H]3O)[C@@](C)(OC)[C@H]2OC)c2c(O)c3c(c(O)c2C[C@@]1(C)O[C@H]1O[C@@H](C)[C@H](O)[C@](C)(O)[C@@H]1O)C(=O)c1ccc(C(C)CO)c(O)c1C3=O. The third-order valence-corrected chi connectivity index (χ3v) is 14.8. The number of methoxy groups -OCH3 is 3. The maximum Gasteiger partial charge on any atom is 0.202 e. The summed E-state index contributed by atoms with van der Waals surface area (Å²) in [6.45, 7) is 11.2. The molecule has 0 radical (unpaired) electrons. The highest BCUT2D eigenvalue weighted by molar-refractivity contribution is 6.31. The molecule has 5 aliphatic rings. The number of phenolic OH excluding ortho intramolecular Hbond substituents is 3. The van der Waals surface area contributed by atoms with Gasteiger partial charge >= 0.3 is 0 Å². The van der Waals surface area contributed by atoms with E-state index in [0.29, 0.717) is 0 Å². The van der Waals surface area contributed by atoms with Crippen LogP contribution in [0.2, 0.25) is 0 Å². The number of carbonyl (C=O) groups excluding carboxylic acids is 2. The number of aliphatic hydroxyl groups excluding tert-OH is 5. The van der Waals surface area contributed by atoms with Crippen molar-refractivity contribution in [2.45, 2.75) is 176 Å². The normalized spacial score (nSPS) is 42.5. The van der Waals surface area contributed by atoms with Crippen molar-refractivity contribution in [3.8, 4) is 17.2 Å². The van der Waals surface area contributed by atoms with Crippen molar-refractivity contribution in [2.75, 3.05) is 27.9 Å². The summed E-state index contributed by atoms with van der Waals surface area (Å²) in [6, 6.07) is 2.66. The number of ether oxygens (including phenoxy) is 9. The van der Waals surface area contributed by atoms with Crippen LogP contribution < -0.4 is 0 Å². The van der Waals surface area contributed by atoms with E-state index in [9.17, 15) is 60.7 Å². The summed E-state index contributed by atoms with van der Waals surface area (Å²) in [5, 5.41) is 112. The molecule has 21 heteroatoms. The van der Waals surface area contributed by atoms with Crippen LogP contribution in [0.25, 0.3) is 0 Å². The van der Waals surface area contributed by atoms with Gasteiger partial charge in [0.2, 0.25) is 5.78 Å². The van der Waals surface area contributed by atoms with Gasteiger partial charge in [-0.25, -0.2) is 0 Å². The van der Waals surface area contributed by atoms with Crippen LogP contribution in [0.4, 0.5) is 0 Å². The zero-order valence-electron chi connectivity index (χ0n) is 39.2. The second-order valence-corrected chi connectivity index (χ2v) is 19.3. The zero-order valence-corrected chi connectivity index (χ0v) is 39.2. The Balaban J connectivity index is 1.36. The molecular formula is C46H64O21. The second kappa shape index (κ2) is 18.1. The van der Waals surface area contributed by atoms with E-state index in [-0.39, 0.29) is 22.3 Å². The molecule has 2 aliphatic carbocycles. The molecule has 7 rings (SSSR count). The van der Waals surface area contributed by atoms with Crippen molar-refractivity contribution in [1.82, 2.24) is 0 Å². The molecule has 3 saturated heterocycles. The highest BCUT2D eigenvalue weighted by atomic mass is 16.8. The van der Waals surface area contributed by atoms with Crippen molar-refractivity contribution in [1.29, 1.82) is 0 Å². The maximum absolute atomic E-state index is 14.6. The Morgan fingerprint density at radius 2 is 1.21 bits per heavy atom. The molecule has 0 saturated carbocycles. The Kier molecular flexibility index (Phi) is 13.8. The molecule has 0 aromatic heterocycles. The minimum atomic E-state index is -2.16. The van der Waals surface area contributed by atoms with Gasteiger partial charge < -0.3 is 93.7 Å². The van der Waals surface area contributed by atoms with Crippen LogP contribution in [0.5, 0.6) is 17.2 Å². The predicted molar refractivity (Wildman–Crippen MR) is 227 cm³/mol. The first-order chi connectivity index (χ1) is 31.2. The fourth-order valence-electron chi connectivity index (χ4n) is 10.6. The van der Waals surface area contributed by atoms with Gasteiger partial charge in [-0.1, -0.05) is 13.0 Å². The van der Waals surface area contributed by atoms with E-state index in [4.69, 9.17) is 42.6 Å². The summed E-state index contributed by atoms with van der Waals surface area (Å²) in [4.78, 5) is 29.0.